The molecule has 3 nitrogen and oxygen atoms in total. The Labute approximate surface area is 104 Å². The van der Waals surface area contributed by atoms with Gasteiger partial charge in [-0.05, 0) is 31.4 Å². The molecule has 0 saturated carbocycles. The second-order valence-corrected chi connectivity index (χ2v) is 5.26. The molecule has 1 aliphatic rings. The van der Waals surface area contributed by atoms with Gasteiger partial charge in [-0.15, -0.1) is 0 Å². The molecule has 0 radical (unpaired) electrons. The number of hydrogen-bond acceptors (Lipinski definition) is 3. The topological polar surface area (TPSA) is 37.8 Å². The lowest BCUT2D eigenvalue weighted by Gasteiger charge is -2.15. The normalized spacial score (nSPS) is 21.5. The van der Waals surface area contributed by atoms with Crippen LogP contribution in [0.5, 0.6) is 0 Å². The van der Waals surface area contributed by atoms with Crippen LogP contribution in [0.1, 0.15) is 57.0 Å². The van der Waals surface area contributed by atoms with Crippen molar-refractivity contribution in [2.75, 3.05) is 6.54 Å². The van der Waals surface area contributed by atoms with Crippen LogP contribution in [0.4, 0.5) is 0 Å². The van der Waals surface area contributed by atoms with Crippen molar-refractivity contribution < 1.29 is 0 Å². The van der Waals surface area contributed by atoms with Crippen molar-refractivity contribution >= 4 is 0 Å². The molecule has 1 aliphatic heterocycles. The Morgan fingerprint density at radius 2 is 2.24 bits per heavy atom. The number of hydrogen-bond donors (Lipinski definition) is 1. The number of nitrogens with zero attached hydrogens (tertiary/aromatic N) is 2. The molecular weight excluding hydrogens is 210 g/mol. The molecular formula is C14H23N3. The van der Waals surface area contributed by atoms with Crippen molar-refractivity contribution in [3.05, 3.63) is 23.8 Å². The van der Waals surface area contributed by atoms with E-state index in [0.29, 0.717) is 12.0 Å². The highest BCUT2D eigenvalue weighted by molar-refractivity contribution is 5.07. The molecule has 0 amide bonds. The molecule has 94 valence electrons. The third-order valence-corrected chi connectivity index (χ3v) is 3.41. The van der Waals surface area contributed by atoms with Gasteiger partial charge in [-0.2, -0.15) is 0 Å². The molecule has 1 N–H and O–H groups in total. The van der Waals surface area contributed by atoms with E-state index in [1.807, 2.05) is 12.3 Å². The molecule has 0 aliphatic carbocycles. The van der Waals surface area contributed by atoms with Gasteiger partial charge >= 0.3 is 0 Å². The molecule has 1 fully saturated rings. The SMILES string of the molecule is CC(C)c1ccnc(CC2CCCCCN2)n1. The highest BCUT2D eigenvalue weighted by Crippen LogP contribution is 2.14. The predicted octanol–water partition coefficient (Wildman–Crippen LogP) is 2.67. The van der Waals surface area contributed by atoms with Crippen molar-refractivity contribution in [1.29, 1.82) is 0 Å². The van der Waals surface area contributed by atoms with Crippen LogP contribution in [-0.2, 0) is 6.42 Å². The predicted molar refractivity (Wildman–Crippen MR) is 70.1 cm³/mol. The summed E-state index contributed by atoms with van der Waals surface area (Å²) in [5.74, 6) is 1.48. The minimum atomic E-state index is 0.485. The maximum atomic E-state index is 4.65. The lowest BCUT2D eigenvalue weighted by atomic mass is 10.1. The summed E-state index contributed by atoms with van der Waals surface area (Å²) in [6, 6.07) is 2.59. The fraction of sp³-hybridized carbons (Fsp3) is 0.714. The number of nitrogens with one attached hydrogen (secondary N) is 1. The minimum Gasteiger partial charge on any atom is -0.314 e. The first-order valence-corrected chi connectivity index (χ1v) is 6.81. The molecule has 0 aromatic carbocycles. The van der Waals surface area contributed by atoms with Crippen molar-refractivity contribution in [1.82, 2.24) is 15.3 Å². The monoisotopic (exact) mass is 233 g/mol. The smallest absolute Gasteiger partial charge is 0.130 e. The Bertz CT molecular complexity index is 341. The van der Waals surface area contributed by atoms with E-state index < -0.39 is 0 Å². The zero-order valence-corrected chi connectivity index (χ0v) is 10.9. The third-order valence-electron chi connectivity index (χ3n) is 3.41. The van der Waals surface area contributed by atoms with Crippen LogP contribution in [0.25, 0.3) is 0 Å². The van der Waals surface area contributed by atoms with Crippen molar-refractivity contribution in [3.63, 3.8) is 0 Å². The molecule has 0 spiro atoms. The van der Waals surface area contributed by atoms with Crippen LogP contribution in [0.2, 0.25) is 0 Å². The second kappa shape index (κ2) is 6.10. The fourth-order valence-electron chi connectivity index (χ4n) is 2.33. The van der Waals surface area contributed by atoms with E-state index in [1.54, 1.807) is 0 Å². The molecule has 1 atom stereocenters. The van der Waals surface area contributed by atoms with Gasteiger partial charge < -0.3 is 5.32 Å². The lowest BCUT2D eigenvalue weighted by molar-refractivity contribution is 0.496. The molecule has 1 unspecified atom stereocenters. The molecule has 3 heteroatoms. The first-order chi connectivity index (χ1) is 8.25. The Kier molecular flexibility index (Phi) is 4.49. The van der Waals surface area contributed by atoms with Crippen LogP contribution in [0, 0.1) is 0 Å². The molecule has 17 heavy (non-hydrogen) atoms. The molecule has 0 bridgehead atoms. The summed E-state index contributed by atoms with van der Waals surface area (Å²) in [6.45, 7) is 5.50. The van der Waals surface area contributed by atoms with Crippen LogP contribution < -0.4 is 5.32 Å². The largest absolute Gasteiger partial charge is 0.314 e. The first kappa shape index (κ1) is 12.5. The zero-order chi connectivity index (χ0) is 12.1. The van der Waals surface area contributed by atoms with Gasteiger partial charge in [-0.3, -0.25) is 0 Å². The van der Waals surface area contributed by atoms with Crippen molar-refractivity contribution in [3.8, 4) is 0 Å². The Morgan fingerprint density at radius 1 is 1.35 bits per heavy atom. The summed E-state index contributed by atoms with van der Waals surface area (Å²) in [4.78, 5) is 9.04. The third kappa shape index (κ3) is 3.77. The summed E-state index contributed by atoms with van der Waals surface area (Å²) >= 11 is 0. The molecule has 2 heterocycles. The van der Waals surface area contributed by atoms with E-state index in [-0.39, 0.29) is 0 Å². The number of rotatable bonds is 3. The highest BCUT2D eigenvalue weighted by Gasteiger charge is 2.14. The van der Waals surface area contributed by atoms with Gasteiger partial charge in [0.05, 0.1) is 0 Å². The summed E-state index contributed by atoms with van der Waals surface area (Å²) in [6.07, 6.45) is 8.13. The van der Waals surface area contributed by atoms with Gasteiger partial charge in [0.25, 0.3) is 0 Å². The molecule has 1 aromatic heterocycles. The Morgan fingerprint density at radius 3 is 3.06 bits per heavy atom. The van der Waals surface area contributed by atoms with Gasteiger partial charge in [0.2, 0.25) is 0 Å². The second-order valence-electron chi connectivity index (χ2n) is 5.26. The quantitative estimate of drug-likeness (QED) is 0.872. The minimum absolute atomic E-state index is 0.485. The summed E-state index contributed by atoms with van der Waals surface area (Å²) in [7, 11) is 0. The zero-order valence-electron chi connectivity index (χ0n) is 10.9. The van der Waals surface area contributed by atoms with E-state index in [4.69, 9.17) is 0 Å². The van der Waals surface area contributed by atoms with E-state index in [1.165, 1.54) is 25.7 Å². The number of aromatic nitrogens is 2. The van der Waals surface area contributed by atoms with Crippen LogP contribution in [-0.4, -0.2) is 22.6 Å². The van der Waals surface area contributed by atoms with E-state index in [2.05, 4.69) is 29.1 Å². The van der Waals surface area contributed by atoms with E-state index in [0.717, 1.165) is 24.5 Å². The maximum absolute atomic E-state index is 4.65. The lowest BCUT2D eigenvalue weighted by Crippen LogP contribution is -2.30. The van der Waals surface area contributed by atoms with Crippen molar-refractivity contribution in [2.45, 2.75) is 57.9 Å². The van der Waals surface area contributed by atoms with Crippen LogP contribution >= 0.6 is 0 Å². The summed E-state index contributed by atoms with van der Waals surface area (Å²) in [5, 5.41) is 3.60. The standard InChI is InChI=1S/C14H23N3/c1-11(2)13-7-9-16-14(17-13)10-12-6-4-3-5-8-15-12/h7,9,11-12,15H,3-6,8,10H2,1-2H3. The average Bonchev–Trinajstić information content (AvgIpc) is 2.58. The summed E-state index contributed by atoms with van der Waals surface area (Å²) in [5.41, 5.74) is 1.16. The maximum Gasteiger partial charge on any atom is 0.130 e. The first-order valence-electron chi connectivity index (χ1n) is 6.81. The van der Waals surface area contributed by atoms with E-state index in [9.17, 15) is 0 Å². The van der Waals surface area contributed by atoms with Gasteiger partial charge in [0, 0.05) is 24.4 Å². The van der Waals surface area contributed by atoms with Crippen LogP contribution in [0.3, 0.4) is 0 Å². The summed E-state index contributed by atoms with van der Waals surface area (Å²) < 4.78 is 0. The molecule has 1 aromatic rings. The Hall–Kier alpha value is -0.960. The molecule has 2 rings (SSSR count). The Balaban J connectivity index is 1.99. The van der Waals surface area contributed by atoms with Gasteiger partial charge in [-0.25, -0.2) is 9.97 Å². The molecule has 1 saturated heterocycles. The van der Waals surface area contributed by atoms with E-state index >= 15 is 0 Å². The van der Waals surface area contributed by atoms with Gasteiger partial charge in [0.1, 0.15) is 5.82 Å². The highest BCUT2D eigenvalue weighted by atomic mass is 14.9. The van der Waals surface area contributed by atoms with Gasteiger partial charge in [-0.1, -0.05) is 26.7 Å². The van der Waals surface area contributed by atoms with Crippen LogP contribution in [0.15, 0.2) is 12.3 Å². The average molecular weight is 233 g/mol. The van der Waals surface area contributed by atoms with Crippen molar-refractivity contribution in [2.24, 2.45) is 0 Å². The van der Waals surface area contributed by atoms with Gasteiger partial charge in [0.15, 0.2) is 0 Å². The fourth-order valence-corrected chi connectivity index (χ4v) is 2.33.